The van der Waals surface area contributed by atoms with Crippen LogP contribution in [0.5, 0.6) is 35.0 Å². The number of halogens is 1. The summed E-state index contributed by atoms with van der Waals surface area (Å²) >= 11 is 0. The van der Waals surface area contributed by atoms with Crippen molar-refractivity contribution in [3.8, 4) is 35.0 Å². The summed E-state index contributed by atoms with van der Waals surface area (Å²) in [5, 5.41) is 3.32. The second kappa shape index (κ2) is 19.5. The van der Waals surface area contributed by atoms with Gasteiger partial charge in [0.25, 0.3) is 0 Å². The van der Waals surface area contributed by atoms with Gasteiger partial charge in [0.1, 0.15) is 24.9 Å². The molecule has 2 aliphatic carbocycles. The van der Waals surface area contributed by atoms with Crippen LogP contribution in [0, 0.1) is 27.7 Å². The molecule has 0 spiro atoms. The quantitative estimate of drug-likeness (QED) is 0.144. The standard InChI is InChI=1S/C22H28N4O4S.C19H24N4O2.C3H5ClO2S/c1-14-21(24-13-25-22(14)30-20-7-4-10-23-15(20)2)29-18-11-16-5-3-6-17(12-18)26(16)31(27,28)19-8-9-19;1-12-18(24-16-9-14-5-3-6-15(10-16)23-14)21-11-22-19(12)25-17-7-4-8-20-13(17)2;4-7(5,6)3-1-2-3/h4,7,10,13,16-19H,3,5-6,8-9,11-12H2,1-2H3;4,7-8,11,14-16,23H,3,5-6,9-10H2,1-2H3;3H,1-2H2. The van der Waals surface area contributed by atoms with Crippen LogP contribution in [0.25, 0.3) is 0 Å². The number of nitrogens with zero attached hydrogens (tertiary/aromatic N) is 7. The molecule has 6 aliphatic rings. The highest BCUT2D eigenvalue weighted by Gasteiger charge is 2.50. The number of rotatable bonds is 11. The molecule has 4 aromatic heterocycles. The Balaban J connectivity index is 0.000000152. The molecular formula is C44H57ClN8O8S2. The predicted molar refractivity (Wildman–Crippen MR) is 236 cm³/mol. The molecule has 4 atom stereocenters. The van der Waals surface area contributed by atoms with E-state index in [1.807, 2.05) is 56.3 Å². The fraction of sp³-hybridized carbons (Fsp3) is 0.591. The van der Waals surface area contributed by atoms with Crippen LogP contribution in [0.2, 0.25) is 0 Å². The molecule has 0 amide bonds. The van der Waals surface area contributed by atoms with Crippen molar-refractivity contribution in [1.29, 1.82) is 0 Å². The van der Waals surface area contributed by atoms with Crippen molar-refractivity contribution in [3.05, 3.63) is 71.8 Å². The number of hydrogen-bond acceptors (Lipinski definition) is 15. The number of aryl methyl sites for hydroxylation is 2. The third-order valence-electron chi connectivity index (χ3n) is 12.6. The number of piperidine rings is 4. The van der Waals surface area contributed by atoms with Gasteiger partial charge in [0.05, 0.1) is 33.0 Å². The summed E-state index contributed by atoms with van der Waals surface area (Å²) in [6.45, 7) is 7.62. The fourth-order valence-electron chi connectivity index (χ4n) is 8.96. The Kier molecular flexibility index (Phi) is 14.0. The van der Waals surface area contributed by atoms with Crippen molar-refractivity contribution < 1.29 is 35.8 Å². The molecule has 1 N–H and O–H groups in total. The number of ether oxygens (including phenoxy) is 4. The van der Waals surface area contributed by atoms with Gasteiger partial charge in [-0.05, 0) is 116 Å². The van der Waals surface area contributed by atoms with Gasteiger partial charge in [0.15, 0.2) is 11.5 Å². The Bertz CT molecular complexity index is 2430. The van der Waals surface area contributed by atoms with Gasteiger partial charge in [-0.15, -0.1) is 0 Å². The summed E-state index contributed by atoms with van der Waals surface area (Å²) in [4.78, 5) is 25.7. The molecule has 4 unspecified atom stereocenters. The average molecular weight is 926 g/mol. The van der Waals surface area contributed by atoms with Crippen LogP contribution in [0.1, 0.15) is 112 Å². The Hall–Kier alpha value is -4.23. The maximum Gasteiger partial charge on any atom is 0.235 e. The molecular weight excluding hydrogens is 868 g/mol. The lowest BCUT2D eigenvalue weighted by Crippen LogP contribution is -2.57. The smallest absolute Gasteiger partial charge is 0.235 e. The molecule has 4 aliphatic heterocycles. The first kappa shape index (κ1) is 45.3. The van der Waals surface area contributed by atoms with Crippen molar-refractivity contribution in [1.82, 2.24) is 39.5 Å². The average Bonchev–Trinajstić information content (AvgIpc) is 4.16. The van der Waals surface area contributed by atoms with Gasteiger partial charge in [-0.1, -0.05) is 12.8 Å². The lowest BCUT2D eigenvalue weighted by atomic mass is 9.85. The lowest BCUT2D eigenvalue weighted by Gasteiger charge is -2.47. The minimum atomic E-state index is -3.17. The summed E-state index contributed by atoms with van der Waals surface area (Å²) in [5.41, 5.74) is 3.16. The Labute approximate surface area is 374 Å². The molecule has 63 heavy (non-hydrogen) atoms. The van der Waals surface area contributed by atoms with E-state index in [-0.39, 0.29) is 34.8 Å². The number of nitrogens with one attached hydrogen (secondary N) is 1. The maximum atomic E-state index is 13.0. The summed E-state index contributed by atoms with van der Waals surface area (Å²) in [5.74, 6) is 3.42. The first-order valence-corrected chi connectivity index (χ1v) is 26.0. The van der Waals surface area contributed by atoms with Crippen LogP contribution in [-0.2, 0) is 19.1 Å². The zero-order chi connectivity index (χ0) is 44.3. The van der Waals surface area contributed by atoms with E-state index in [0.29, 0.717) is 59.9 Å². The third kappa shape index (κ3) is 11.4. The summed E-state index contributed by atoms with van der Waals surface area (Å²) in [7, 11) is -1.43. The largest absolute Gasteiger partial charge is 0.474 e. The number of pyridine rings is 2. The van der Waals surface area contributed by atoms with Gasteiger partial charge in [0.2, 0.25) is 42.6 Å². The third-order valence-corrected chi connectivity index (χ3v) is 17.1. The number of hydrogen-bond donors (Lipinski definition) is 1. The van der Waals surface area contributed by atoms with E-state index < -0.39 is 19.1 Å². The zero-order valence-corrected chi connectivity index (χ0v) is 38.6. The van der Waals surface area contributed by atoms with Crippen molar-refractivity contribution in [2.75, 3.05) is 0 Å². The summed E-state index contributed by atoms with van der Waals surface area (Å²) in [6, 6.07) is 8.61. The van der Waals surface area contributed by atoms with E-state index >= 15 is 0 Å². The van der Waals surface area contributed by atoms with Crippen LogP contribution in [0.15, 0.2) is 49.3 Å². The van der Waals surface area contributed by atoms with Crippen LogP contribution < -0.4 is 24.3 Å². The predicted octanol–water partition coefficient (Wildman–Crippen LogP) is 7.59. The Morgan fingerprint density at radius 3 is 1.46 bits per heavy atom. The first-order valence-electron chi connectivity index (χ1n) is 22.1. The van der Waals surface area contributed by atoms with E-state index in [9.17, 15) is 16.8 Å². The summed E-state index contributed by atoms with van der Waals surface area (Å²) in [6.07, 6.45) is 19.8. The fourth-order valence-corrected chi connectivity index (χ4v) is 12.5. The molecule has 2 saturated carbocycles. The van der Waals surface area contributed by atoms with Gasteiger partial charge in [-0.2, -0.15) is 4.31 Å². The highest BCUT2D eigenvalue weighted by Crippen LogP contribution is 2.43. The maximum absolute atomic E-state index is 13.0. The zero-order valence-electron chi connectivity index (χ0n) is 36.2. The number of sulfonamides is 1. The van der Waals surface area contributed by atoms with Gasteiger partial charge in [0, 0.05) is 60.1 Å². The SMILES string of the molecule is Cc1ncccc1Oc1ncnc(OC2CC3CCCC(C2)N3)c1C.Cc1ncccc1Oc1ncnc(OC2CC3CCCC(C2)N3S(=O)(=O)C2CC2)c1C.O=S(=O)(Cl)C1CC1. The molecule has 19 heteroatoms. The van der Waals surface area contributed by atoms with Crippen LogP contribution in [0.4, 0.5) is 0 Å². The molecule has 4 saturated heterocycles. The summed E-state index contributed by atoms with van der Waals surface area (Å²) < 4.78 is 72.5. The van der Waals surface area contributed by atoms with Crippen molar-refractivity contribution >= 4 is 29.8 Å². The normalized spacial score (nSPS) is 25.6. The molecule has 0 radical (unpaired) electrons. The minimum absolute atomic E-state index is 0.0269. The van der Waals surface area contributed by atoms with Crippen LogP contribution in [0.3, 0.4) is 0 Å². The Morgan fingerprint density at radius 2 is 1.03 bits per heavy atom. The monoisotopic (exact) mass is 924 g/mol. The van der Waals surface area contributed by atoms with E-state index in [0.717, 1.165) is 80.3 Å². The highest BCUT2D eigenvalue weighted by molar-refractivity contribution is 8.14. The molecule has 6 fully saturated rings. The lowest BCUT2D eigenvalue weighted by molar-refractivity contribution is 0.0324. The van der Waals surface area contributed by atoms with Gasteiger partial charge in [-0.25, -0.2) is 36.8 Å². The Morgan fingerprint density at radius 1 is 0.587 bits per heavy atom. The van der Waals surface area contributed by atoms with Crippen molar-refractivity contribution in [2.24, 2.45) is 0 Å². The van der Waals surface area contributed by atoms with E-state index in [1.54, 1.807) is 12.4 Å². The molecule has 4 aromatic rings. The molecule has 4 bridgehead atoms. The topological polar surface area (TPSA) is 198 Å². The molecule has 16 nitrogen and oxygen atoms in total. The molecule has 340 valence electrons. The number of aromatic nitrogens is 6. The second-order valence-electron chi connectivity index (χ2n) is 17.5. The van der Waals surface area contributed by atoms with Gasteiger partial charge in [-0.3, -0.25) is 9.97 Å². The van der Waals surface area contributed by atoms with Crippen molar-refractivity contribution in [2.45, 2.75) is 164 Å². The van der Waals surface area contributed by atoms with Crippen LogP contribution >= 0.6 is 10.7 Å². The molecule has 0 aromatic carbocycles. The molecule has 8 heterocycles. The van der Waals surface area contributed by atoms with E-state index in [2.05, 4.69) is 35.2 Å². The highest BCUT2D eigenvalue weighted by atomic mass is 35.7. The van der Waals surface area contributed by atoms with E-state index in [4.69, 9.17) is 29.6 Å². The molecule has 10 rings (SSSR count). The van der Waals surface area contributed by atoms with Gasteiger partial charge >= 0.3 is 0 Å². The second-order valence-corrected chi connectivity index (χ2v) is 22.5. The van der Waals surface area contributed by atoms with Crippen LogP contribution in [-0.4, -0.2) is 97.9 Å². The minimum Gasteiger partial charge on any atom is -0.474 e. The van der Waals surface area contributed by atoms with Crippen molar-refractivity contribution in [3.63, 3.8) is 0 Å². The van der Waals surface area contributed by atoms with E-state index in [1.165, 1.54) is 31.9 Å². The first-order chi connectivity index (χ1) is 30.2. The number of fused-ring (bicyclic) bond motifs is 4. The van der Waals surface area contributed by atoms with Gasteiger partial charge < -0.3 is 24.3 Å².